The van der Waals surface area contributed by atoms with E-state index in [1.807, 2.05) is 0 Å². The monoisotopic (exact) mass is 241 g/mol. The number of rotatable bonds is 6. The molecule has 0 aromatic carbocycles. The molecule has 4 heteroatoms. The van der Waals surface area contributed by atoms with E-state index in [0.29, 0.717) is 24.4 Å². The van der Waals surface area contributed by atoms with Gasteiger partial charge in [-0.25, -0.2) is 0 Å². The van der Waals surface area contributed by atoms with E-state index in [1.165, 1.54) is 12.8 Å². The molecule has 1 fully saturated rings. The summed E-state index contributed by atoms with van der Waals surface area (Å²) in [4.78, 5) is 13.2. The third kappa shape index (κ3) is 5.50. The number of likely N-dealkylation sites (tertiary alicyclic amines) is 1. The van der Waals surface area contributed by atoms with Crippen molar-refractivity contribution >= 4 is 5.91 Å². The molecule has 1 rings (SSSR count). The van der Waals surface area contributed by atoms with Crippen LogP contribution in [-0.4, -0.2) is 43.0 Å². The van der Waals surface area contributed by atoms with Crippen LogP contribution in [0.5, 0.6) is 0 Å². The maximum absolute atomic E-state index is 11.0. The highest BCUT2D eigenvalue weighted by Crippen LogP contribution is 2.19. The first kappa shape index (κ1) is 14.5. The summed E-state index contributed by atoms with van der Waals surface area (Å²) in [5, 5.41) is 3.59. The van der Waals surface area contributed by atoms with Crippen molar-refractivity contribution in [3.8, 4) is 0 Å². The van der Waals surface area contributed by atoms with E-state index in [1.54, 1.807) is 0 Å². The van der Waals surface area contributed by atoms with Crippen LogP contribution in [0, 0.1) is 11.8 Å². The fourth-order valence-electron chi connectivity index (χ4n) is 2.50. The Kier molecular flexibility index (Phi) is 5.92. The topological polar surface area (TPSA) is 58.4 Å². The van der Waals surface area contributed by atoms with Gasteiger partial charge in [0.15, 0.2) is 0 Å². The molecule has 0 radical (unpaired) electrons. The lowest BCUT2D eigenvalue weighted by molar-refractivity contribution is -0.119. The van der Waals surface area contributed by atoms with Gasteiger partial charge in [-0.2, -0.15) is 0 Å². The first-order valence-electron chi connectivity index (χ1n) is 6.75. The number of hydrogen-bond donors (Lipinski definition) is 2. The predicted molar refractivity (Wildman–Crippen MR) is 70.7 cm³/mol. The van der Waals surface area contributed by atoms with Crippen LogP contribution in [0.25, 0.3) is 0 Å². The zero-order valence-corrected chi connectivity index (χ0v) is 11.4. The average molecular weight is 241 g/mol. The van der Waals surface area contributed by atoms with Crippen LogP contribution in [0.1, 0.15) is 33.6 Å². The van der Waals surface area contributed by atoms with Crippen LogP contribution in [0.15, 0.2) is 0 Å². The first-order valence-corrected chi connectivity index (χ1v) is 6.75. The number of nitrogens with zero attached hydrogens (tertiary/aromatic N) is 1. The molecule has 4 nitrogen and oxygen atoms in total. The molecule has 0 bridgehead atoms. The van der Waals surface area contributed by atoms with Crippen molar-refractivity contribution in [1.29, 1.82) is 0 Å². The Labute approximate surface area is 105 Å². The Bertz CT molecular complexity index is 243. The highest BCUT2D eigenvalue weighted by molar-refractivity contribution is 5.75. The fourth-order valence-corrected chi connectivity index (χ4v) is 2.50. The van der Waals surface area contributed by atoms with Crippen molar-refractivity contribution in [3.63, 3.8) is 0 Å². The van der Waals surface area contributed by atoms with Gasteiger partial charge in [0.25, 0.3) is 0 Å². The lowest BCUT2D eigenvalue weighted by atomic mass is 9.92. The van der Waals surface area contributed by atoms with E-state index in [4.69, 9.17) is 5.73 Å². The second kappa shape index (κ2) is 6.97. The van der Waals surface area contributed by atoms with Crippen molar-refractivity contribution in [1.82, 2.24) is 10.2 Å². The number of primary amides is 1. The smallest absolute Gasteiger partial charge is 0.231 e. The SMILES string of the molecule is CCC1CC(NCC(C)C)CN(CC(N)=O)C1. The molecule has 17 heavy (non-hydrogen) atoms. The van der Waals surface area contributed by atoms with Gasteiger partial charge < -0.3 is 11.1 Å². The van der Waals surface area contributed by atoms with Crippen LogP contribution >= 0.6 is 0 Å². The normalized spacial score (nSPS) is 26.4. The summed E-state index contributed by atoms with van der Waals surface area (Å²) in [7, 11) is 0. The summed E-state index contributed by atoms with van der Waals surface area (Å²) < 4.78 is 0. The van der Waals surface area contributed by atoms with E-state index in [2.05, 4.69) is 31.0 Å². The maximum Gasteiger partial charge on any atom is 0.231 e. The Morgan fingerprint density at radius 3 is 2.71 bits per heavy atom. The minimum Gasteiger partial charge on any atom is -0.369 e. The van der Waals surface area contributed by atoms with Gasteiger partial charge in [0.2, 0.25) is 5.91 Å². The molecule has 2 unspecified atom stereocenters. The van der Waals surface area contributed by atoms with Gasteiger partial charge in [0.1, 0.15) is 0 Å². The number of piperidine rings is 1. The van der Waals surface area contributed by atoms with Crippen LogP contribution < -0.4 is 11.1 Å². The van der Waals surface area contributed by atoms with Gasteiger partial charge in [-0.3, -0.25) is 9.69 Å². The van der Waals surface area contributed by atoms with E-state index in [0.717, 1.165) is 19.6 Å². The highest BCUT2D eigenvalue weighted by Gasteiger charge is 2.26. The van der Waals surface area contributed by atoms with Crippen LogP contribution in [0.4, 0.5) is 0 Å². The summed E-state index contributed by atoms with van der Waals surface area (Å²) >= 11 is 0. The molecule has 1 saturated heterocycles. The predicted octanol–water partition coefficient (Wildman–Crippen LogP) is 0.818. The van der Waals surface area contributed by atoms with E-state index < -0.39 is 0 Å². The largest absolute Gasteiger partial charge is 0.369 e. The number of nitrogens with one attached hydrogen (secondary N) is 1. The standard InChI is InChI=1S/C13H27N3O/c1-4-11-5-12(15-6-10(2)3)8-16(7-11)9-13(14)17/h10-12,15H,4-9H2,1-3H3,(H2,14,17). The second-order valence-electron chi connectivity index (χ2n) is 5.67. The summed E-state index contributed by atoms with van der Waals surface area (Å²) in [5.41, 5.74) is 5.28. The zero-order valence-electron chi connectivity index (χ0n) is 11.4. The lowest BCUT2D eigenvalue weighted by Gasteiger charge is -2.37. The number of nitrogens with two attached hydrogens (primary N) is 1. The number of hydrogen-bond acceptors (Lipinski definition) is 3. The van der Waals surface area contributed by atoms with Crippen molar-refractivity contribution in [2.75, 3.05) is 26.2 Å². The molecule has 2 atom stereocenters. The minimum absolute atomic E-state index is 0.218. The van der Waals surface area contributed by atoms with Gasteiger partial charge in [-0.05, 0) is 24.8 Å². The first-order chi connectivity index (χ1) is 8.01. The highest BCUT2D eigenvalue weighted by atomic mass is 16.1. The quantitative estimate of drug-likeness (QED) is 0.724. The molecule has 100 valence electrons. The van der Waals surface area contributed by atoms with Crippen LogP contribution in [0.3, 0.4) is 0 Å². The van der Waals surface area contributed by atoms with E-state index in [9.17, 15) is 4.79 Å². The van der Waals surface area contributed by atoms with Gasteiger partial charge in [0.05, 0.1) is 6.54 Å². The molecule has 0 saturated carbocycles. The minimum atomic E-state index is -0.218. The summed E-state index contributed by atoms with van der Waals surface area (Å²) in [6, 6.07) is 0.510. The molecule has 1 aliphatic rings. The van der Waals surface area contributed by atoms with Crippen molar-refractivity contribution in [3.05, 3.63) is 0 Å². The number of carbonyl (C=O) groups excluding carboxylic acids is 1. The number of carbonyl (C=O) groups is 1. The number of amides is 1. The van der Waals surface area contributed by atoms with Crippen molar-refractivity contribution < 1.29 is 4.79 Å². The Balaban J connectivity index is 2.44. The Morgan fingerprint density at radius 2 is 2.18 bits per heavy atom. The molecule has 1 heterocycles. The molecular weight excluding hydrogens is 214 g/mol. The molecule has 3 N–H and O–H groups in total. The third-order valence-electron chi connectivity index (χ3n) is 3.38. The van der Waals surface area contributed by atoms with Gasteiger partial charge in [0, 0.05) is 19.1 Å². The van der Waals surface area contributed by atoms with E-state index >= 15 is 0 Å². The third-order valence-corrected chi connectivity index (χ3v) is 3.38. The summed E-state index contributed by atoms with van der Waals surface area (Å²) in [6.07, 6.45) is 2.40. The van der Waals surface area contributed by atoms with Gasteiger partial charge in [-0.1, -0.05) is 27.2 Å². The molecule has 1 aliphatic heterocycles. The molecule has 1 amide bonds. The van der Waals surface area contributed by atoms with Crippen LogP contribution in [-0.2, 0) is 4.79 Å². The van der Waals surface area contributed by atoms with Gasteiger partial charge in [-0.15, -0.1) is 0 Å². The lowest BCUT2D eigenvalue weighted by Crippen LogP contribution is -2.51. The molecular formula is C13H27N3O. The molecule has 0 spiro atoms. The van der Waals surface area contributed by atoms with Gasteiger partial charge >= 0.3 is 0 Å². The van der Waals surface area contributed by atoms with Crippen LogP contribution in [0.2, 0.25) is 0 Å². The van der Waals surface area contributed by atoms with Crippen molar-refractivity contribution in [2.45, 2.75) is 39.7 Å². The second-order valence-corrected chi connectivity index (χ2v) is 5.67. The molecule has 0 aromatic rings. The average Bonchev–Trinajstić information content (AvgIpc) is 2.25. The van der Waals surface area contributed by atoms with Crippen molar-refractivity contribution in [2.24, 2.45) is 17.6 Å². The maximum atomic E-state index is 11.0. The zero-order chi connectivity index (χ0) is 12.8. The molecule has 0 aromatic heterocycles. The fraction of sp³-hybridized carbons (Fsp3) is 0.923. The Hall–Kier alpha value is -0.610. The molecule has 0 aliphatic carbocycles. The Morgan fingerprint density at radius 1 is 1.47 bits per heavy atom. The van der Waals surface area contributed by atoms with E-state index in [-0.39, 0.29) is 5.91 Å². The summed E-state index contributed by atoms with van der Waals surface area (Å²) in [6.45, 7) is 10.1. The summed E-state index contributed by atoms with van der Waals surface area (Å²) in [5.74, 6) is 1.14.